The lowest BCUT2D eigenvalue weighted by Crippen LogP contribution is -2.43. The molecule has 2 N–H and O–H groups in total. The van der Waals surface area contributed by atoms with E-state index in [1.807, 2.05) is 14.1 Å². The number of nitrogens with zero attached hydrogens (tertiary/aromatic N) is 2. The molecule has 0 spiro atoms. The van der Waals surface area contributed by atoms with E-state index in [0.29, 0.717) is 25.0 Å². The van der Waals surface area contributed by atoms with Crippen LogP contribution in [0.15, 0.2) is 0 Å². The van der Waals surface area contributed by atoms with E-state index >= 15 is 0 Å². The monoisotopic (exact) mass is 287 g/mol. The number of likely N-dealkylation sites (N-methyl/N-ethyl adjacent to an activating group) is 1. The average molecular weight is 287 g/mol. The molecule has 0 aromatic heterocycles. The van der Waals surface area contributed by atoms with Crippen molar-refractivity contribution in [2.45, 2.75) is 25.5 Å². The number of rotatable bonds is 6. The summed E-state index contributed by atoms with van der Waals surface area (Å²) in [7, 11) is 5.46. The Kier molecular flexibility index (Phi) is 6.22. The first-order valence-corrected chi connectivity index (χ1v) is 6.79. The molecule has 3 unspecified atom stereocenters. The molecule has 3 atom stereocenters. The Morgan fingerprint density at radius 2 is 2.10 bits per heavy atom. The van der Waals surface area contributed by atoms with Crippen molar-refractivity contribution >= 4 is 12.0 Å². The van der Waals surface area contributed by atoms with Crippen molar-refractivity contribution in [3.05, 3.63) is 0 Å². The molecule has 116 valence electrons. The Hall–Kier alpha value is -1.34. The second kappa shape index (κ2) is 7.44. The van der Waals surface area contributed by atoms with Gasteiger partial charge in [0.25, 0.3) is 0 Å². The third-order valence-corrected chi connectivity index (χ3v) is 3.74. The van der Waals surface area contributed by atoms with Gasteiger partial charge in [0.15, 0.2) is 0 Å². The van der Waals surface area contributed by atoms with Gasteiger partial charge in [-0.05, 0) is 20.0 Å². The zero-order valence-electron chi connectivity index (χ0n) is 12.6. The first kappa shape index (κ1) is 16.7. The minimum absolute atomic E-state index is 0.118. The number of amides is 2. The van der Waals surface area contributed by atoms with E-state index < -0.39 is 12.1 Å². The summed E-state index contributed by atoms with van der Waals surface area (Å²) in [5.41, 5.74) is 0. The van der Waals surface area contributed by atoms with Gasteiger partial charge >= 0.3 is 12.0 Å². The van der Waals surface area contributed by atoms with Crippen LogP contribution in [0, 0.1) is 5.92 Å². The van der Waals surface area contributed by atoms with Crippen molar-refractivity contribution in [2.24, 2.45) is 5.92 Å². The molecule has 0 aromatic rings. The lowest BCUT2D eigenvalue weighted by atomic mass is 10.1. The Balaban J connectivity index is 2.42. The van der Waals surface area contributed by atoms with Gasteiger partial charge in [0.05, 0.1) is 12.5 Å². The van der Waals surface area contributed by atoms with Crippen LogP contribution in [0.25, 0.3) is 0 Å². The van der Waals surface area contributed by atoms with Crippen LogP contribution < -0.4 is 5.32 Å². The maximum Gasteiger partial charge on any atom is 0.317 e. The van der Waals surface area contributed by atoms with Crippen molar-refractivity contribution in [1.29, 1.82) is 0 Å². The van der Waals surface area contributed by atoms with Gasteiger partial charge in [0.2, 0.25) is 0 Å². The van der Waals surface area contributed by atoms with Crippen molar-refractivity contribution in [3.63, 3.8) is 0 Å². The number of likely N-dealkylation sites (tertiary alicyclic amines) is 1. The number of aliphatic carboxylic acids is 1. The summed E-state index contributed by atoms with van der Waals surface area (Å²) in [6.07, 6.45) is -0.617. The number of urea groups is 1. The number of carboxylic acid groups (broad SMARTS) is 1. The largest absolute Gasteiger partial charge is 0.481 e. The zero-order valence-corrected chi connectivity index (χ0v) is 12.6. The Labute approximate surface area is 119 Å². The fourth-order valence-electron chi connectivity index (χ4n) is 2.53. The van der Waals surface area contributed by atoms with E-state index in [1.165, 1.54) is 7.11 Å². The van der Waals surface area contributed by atoms with Gasteiger partial charge in [-0.1, -0.05) is 6.92 Å². The molecule has 0 aromatic carbocycles. The van der Waals surface area contributed by atoms with E-state index in [4.69, 9.17) is 9.84 Å². The predicted molar refractivity (Wildman–Crippen MR) is 74.7 cm³/mol. The second-order valence-corrected chi connectivity index (χ2v) is 5.55. The maximum atomic E-state index is 12.1. The van der Waals surface area contributed by atoms with Gasteiger partial charge < -0.3 is 25.0 Å². The highest BCUT2D eigenvalue weighted by Gasteiger charge is 2.33. The number of methoxy groups -OCH3 is 1. The Morgan fingerprint density at radius 1 is 1.45 bits per heavy atom. The molecule has 1 heterocycles. The number of carboxylic acids is 1. The van der Waals surface area contributed by atoms with E-state index in [2.05, 4.69) is 17.1 Å². The van der Waals surface area contributed by atoms with Crippen LogP contribution in [0.4, 0.5) is 4.79 Å². The first-order chi connectivity index (χ1) is 9.35. The third-order valence-electron chi connectivity index (χ3n) is 3.74. The summed E-state index contributed by atoms with van der Waals surface area (Å²) in [4.78, 5) is 26.6. The van der Waals surface area contributed by atoms with Crippen LogP contribution in [0.1, 0.15) is 13.3 Å². The summed E-state index contributed by atoms with van der Waals surface area (Å²) < 4.78 is 5.03. The highest BCUT2D eigenvalue weighted by atomic mass is 16.5. The summed E-state index contributed by atoms with van der Waals surface area (Å²) >= 11 is 0. The molecular weight excluding hydrogens is 262 g/mol. The number of hydrogen-bond acceptors (Lipinski definition) is 4. The van der Waals surface area contributed by atoms with E-state index in [0.717, 1.165) is 0 Å². The predicted octanol–water partition coefficient (Wildman–Crippen LogP) is 0.0676. The summed E-state index contributed by atoms with van der Waals surface area (Å²) in [6, 6.07) is 0.201. The molecule has 0 saturated carbocycles. The molecule has 1 fully saturated rings. The fourth-order valence-corrected chi connectivity index (χ4v) is 2.53. The molecule has 1 aliphatic heterocycles. The van der Waals surface area contributed by atoms with Crippen LogP contribution in [0.5, 0.6) is 0 Å². The molecular formula is C13H25N3O4. The van der Waals surface area contributed by atoms with Crippen molar-refractivity contribution < 1.29 is 19.4 Å². The van der Waals surface area contributed by atoms with E-state index in [9.17, 15) is 9.59 Å². The molecule has 1 aliphatic rings. The molecule has 0 aliphatic carbocycles. The second-order valence-electron chi connectivity index (χ2n) is 5.55. The standard InChI is InChI=1S/C13H25N3O4/c1-9-7-16(8-11(9)15(2)3)13(19)14-6-10(20-4)5-12(17)18/h9-11H,5-8H2,1-4H3,(H,14,19)(H,17,18). The summed E-state index contributed by atoms with van der Waals surface area (Å²) in [5.74, 6) is -0.512. The topological polar surface area (TPSA) is 82.1 Å². The lowest BCUT2D eigenvalue weighted by molar-refractivity contribution is -0.139. The van der Waals surface area contributed by atoms with Crippen LogP contribution in [-0.2, 0) is 9.53 Å². The van der Waals surface area contributed by atoms with Crippen molar-refractivity contribution in [1.82, 2.24) is 15.1 Å². The SMILES string of the molecule is COC(CNC(=O)N1CC(C)C(N(C)C)C1)CC(=O)O. The molecule has 20 heavy (non-hydrogen) atoms. The van der Waals surface area contributed by atoms with Crippen molar-refractivity contribution in [2.75, 3.05) is 40.8 Å². The van der Waals surface area contributed by atoms with Crippen molar-refractivity contribution in [3.8, 4) is 0 Å². The van der Waals surface area contributed by atoms with Crippen LogP contribution >= 0.6 is 0 Å². The van der Waals surface area contributed by atoms with E-state index in [1.54, 1.807) is 4.90 Å². The molecule has 1 rings (SSSR count). The molecule has 0 radical (unpaired) electrons. The zero-order chi connectivity index (χ0) is 15.3. The number of carbonyl (C=O) groups is 2. The minimum atomic E-state index is -0.937. The quantitative estimate of drug-likeness (QED) is 0.722. The lowest BCUT2D eigenvalue weighted by Gasteiger charge is -2.23. The van der Waals surface area contributed by atoms with Gasteiger partial charge in [0, 0.05) is 32.8 Å². The highest BCUT2D eigenvalue weighted by molar-refractivity contribution is 5.74. The smallest absolute Gasteiger partial charge is 0.317 e. The summed E-state index contributed by atoms with van der Waals surface area (Å²) in [6.45, 7) is 3.74. The van der Waals surface area contributed by atoms with Gasteiger partial charge in [-0.15, -0.1) is 0 Å². The number of carbonyl (C=O) groups excluding carboxylic acids is 1. The molecule has 1 saturated heterocycles. The fraction of sp³-hybridized carbons (Fsp3) is 0.846. The minimum Gasteiger partial charge on any atom is -0.481 e. The molecule has 7 heteroatoms. The first-order valence-electron chi connectivity index (χ1n) is 6.79. The number of ether oxygens (including phenoxy) is 1. The number of hydrogen-bond donors (Lipinski definition) is 2. The normalized spacial score (nSPS) is 23.9. The van der Waals surface area contributed by atoms with Gasteiger partial charge in [0.1, 0.15) is 0 Å². The van der Waals surface area contributed by atoms with Gasteiger partial charge in [-0.25, -0.2) is 4.79 Å². The molecule has 0 bridgehead atoms. The molecule has 7 nitrogen and oxygen atoms in total. The third kappa shape index (κ3) is 4.64. The van der Waals surface area contributed by atoms with Gasteiger partial charge in [-0.3, -0.25) is 4.79 Å². The molecule has 2 amide bonds. The van der Waals surface area contributed by atoms with Crippen LogP contribution in [0.3, 0.4) is 0 Å². The van der Waals surface area contributed by atoms with E-state index in [-0.39, 0.29) is 19.0 Å². The Bertz CT molecular complexity index is 349. The Morgan fingerprint density at radius 3 is 2.55 bits per heavy atom. The van der Waals surface area contributed by atoms with Gasteiger partial charge in [-0.2, -0.15) is 0 Å². The highest BCUT2D eigenvalue weighted by Crippen LogP contribution is 2.19. The maximum absolute atomic E-state index is 12.1. The van der Waals surface area contributed by atoms with Crippen LogP contribution in [-0.4, -0.2) is 79.9 Å². The number of nitrogens with one attached hydrogen (secondary N) is 1. The summed E-state index contributed by atoms with van der Waals surface area (Å²) in [5, 5.41) is 11.5. The van der Waals surface area contributed by atoms with Crippen LogP contribution in [0.2, 0.25) is 0 Å². The average Bonchev–Trinajstić information content (AvgIpc) is 2.76.